The Morgan fingerprint density at radius 3 is 2.76 bits per heavy atom. The van der Waals surface area contributed by atoms with Crippen LogP contribution in [-0.4, -0.2) is 11.0 Å². The van der Waals surface area contributed by atoms with Crippen molar-refractivity contribution in [3.05, 3.63) is 45.1 Å². The van der Waals surface area contributed by atoms with Gasteiger partial charge in [0.2, 0.25) is 0 Å². The van der Waals surface area contributed by atoms with Crippen molar-refractivity contribution in [1.29, 1.82) is 0 Å². The molecule has 0 spiro atoms. The maximum Gasteiger partial charge on any atom is 0.267 e. The van der Waals surface area contributed by atoms with Crippen LogP contribution < -0.4 is 5.32 Å². The van der Waals surface area contributed by atoms with Crippen molar-refractivity contribution >= 4 is 34.5 Å². The summed E-state index contributed by atoms with van der Waals surface area (Å²) < 4.78 is 0. The molecule has 0 fully saturated rings. The van der Waals surface area contributed by atoms with E-state index in [9.17, 15) is 9.90 Å². The van der Waals surface area contributed by atoms with E-state index in [1.807, 2.05) is 6.92 Å². The van der Waals surface area contributed by atoms with Gasteiger partial charge in [-0.1, -0.05) is 11.6 Å². The second kappa shape index (κ2) is 4.77. The lowest BCUT2D eigenvalue weighted by Gasteiger charge is -2.07. The zero-order chi connectivity index (χ0) is 12.4. The number of phenolic OH excluding ortho intramolecular Hbond substituents is 1. The molecule has 0 aliphatic rings. The number of thiophene rings is 1. The minimum absolute atomic E-state index is 0.176. The lowest BCUT2D eigenvalue weighted by molar-refractivity contribution is 0.103. The van der Waals surface area contributed by atoms with Crippen molar-refractivity contribution < 1.29 is 9.90 Å². The standard InChI is InChI=1S/C12H10ClNO2S/c1-7-6-8(15)2-3-10(7)14-12(16)11-9(13)4-5-17-11/h2-6,15H,1H3,(H,14,16). The molecule has 1 heterocycles. The maximum absolute atomic E-state index is 11.9. The van der Waals surface area contributed by atoms with Crippen LogP contribution in [-0.2, 0) is 0 Å². The average molecular weight is 268 g/mol. The van der Waals surface area contributed by atoms with Crippen LogP contribution in [0, 0.1) is 6.92 Å². The molecule has 1 amide bonds. The van der Waals surface area contributed by atoms with E-state index in [4.69, 9.17) is 11.6 Å². The third-order valence-electron chi connectivity index (χ3n) is 2.28. The number of nitrogens with one attached hydrogen (secondary N) is 1. The van der Waals surface area contributed by atoms with Gasteiger partial charge < -0.3 is 10.4 Å². The van der Waals surface area contributed by atoms with E-state index < -0.39 is 0 Å². The van der Waals surface area contributed by atoms with Gasteiger partial charge in [-0.2, -0.15) is 0 Å². The SMILES string of the molecule is Cc1cc(O)ccc1NC(=O)c1sccc1Cl. The Morgan fingerprint density at radius 1 is 1.41 bits per heavy atom. The summed E-state index contributed by atoms with van der Waals surface area (Å²) in [6, 6.07) is 6.46. The van der Waals surface area contributed by atoms with Crippen molar-refractivity contribution in [3.8, 4) is 5.75 Å². The van der Waals surface area contributed by atoms with Crippen molar-refractivity contribution in [2.24, 2.45) is 0 Å². The molecule has 0 bridgehead atoms. The molecule has 17 heavy (non-hydrogen) atoms. The number of rotatable bonds is 2. The molecule has 0 saturated carbocycles. The second-order valence-corrected chi connectivity index (χ2v) is 4.87. The van der Waals surface area contributed by atoms with Crippen molar-refractivity contribution in [3.63, 3.8) is 0 Å². The highest BCUT2D eigenvalue weighted by Crippen LogP contribution is 2.25. The van der Waals surface area contributed by atoms with Crippen LogP contribution >= 0.6 is 22.9 Å². The van der Waals surface area contributed by atoms with Crippen LogP contribution in [0.4, 0.5) is 5.69 Å². The lowest BCUT2D eigenvalue weighted by Crippen LogP contribution is -2.11. The number of carbonyl (C=O) groups is 1. The van der Waals surface area contributed by atoms with Crippen LogP contribution in [0.5, 0.6) is 5.75 Å². The van der Waals surface area contributed by atoms with Gasteiger partial charge in [0.05, 0.1) is 5.02 Å². The van der Waals surface area contributed by atoms with E-state index >= 15 is 0 Å². The first-order chi connectivity index (χ1) is 8.08. The summed E-state index contributed by atoms with van der Waals surface area (Å²) in [6.07, 6.45) is 0. The third kappa shape index (κ3) is 2.60. The van der Waals surface area contributed by atoms with Gasteiger partial charge in [0.25, 0.3) is 5.91 Å². The van der Waals surface area contributed by atoms with Gasteiger partial charge in [-0.15, -0.1) is 11.3 Å². The summed E-state index contributed by atoms with van der Waals surface area (Å²) in [6.45, 7) is 1.81. The third-order valence-corrected chi connectivity index (χ3v) is 3.62. The highest BCUT2D eigenvalue weighted by Gasteiger charge is 2.12. The van der Waals surface area contributed by atoms with E-state index in [2.05, 4.69) is 5.32 Å². The average Bonchev–Trinajstić information content (AvgIpc) is 2.68. The molecule has 0 aliphatic heterocycles. The monoisotopic (exact) mass is 267 g/mol. The van der Waals surface area contributed by atoms with E-state index in [1.165, 1.54) is 17.4 Å². The van der Waals surface area contributed by atoms with E-state index in [1.54, 1.807) is 23.6 Å². The molecule has 88 valence electrons. The molecule has 1 aromatic carbocycles. The predicted molar refractivity (Wildman–Crippen MR) is 70.1 cm³/mol. The second-order valence-electron chi connectivity index (χ2n) is 3.55. The van der Waals surface area contributed by atoms with Crippen LogP contribution in [0.25, 0.3) is 0 Å². The van der Waals surface area contributed by atoms with Crippen molar-refractivity contribution in [2.75, 3.05) is 5.32 Å². The Morgan fingerprint density at radius 2 is 2.18 bits per heavy atom. The van der Waals surface area contributed by atoms with Gasteiger partial charge in [0, 0.05) is 5.69 Å². The number of anilines is 1. The molecule has 2 aromatic rings. The first-order valence-corrected chi connectivity index (χ1v) is 6.17. The van der Waals surface area contributed by atoms with Crippen molar-refractivity contribution in [1.82, 2.24) is 0 Å². The fourth-order valence-electron chi connectivity index (χ4n) is 1.42. The van der Waals surface area contributed by atoms with Crippen LogP contribution in [0.3, 0.4) is 0 Å². The molecule has 2 rings (SSSR count). The molecule has 1 aromatic heterocycles. The lowest BCUT2D eigenvalue weighted by atomic mass is 10.2. The number of hydrogen-bond acceptors (Lipinski definition) is 3. The fourth-order valence-corrected chi connectivity index (χ4v) is 2.46. The summed E-state index contributed by atoms with van der Waals surface area (Å²) in [7, 11) is 0. The zero-order valence-electron chi connectivity index (χ0n) is 9.03. The predicted octanol–water partition coefficient (Wildman–Crippen LogP) is 3.67. The highest BCUT2D eigenvalue weighted by molar-refractivity contribution is 7.12. The first kappa shape index (κ1) is 12.0. The molecule has 5 heteroatoms. The number of aromatic hydroxyl groups is 1. The summed E-state index contributed by atoms with van der Waals surface area (Å²) in [5.74, 6) is -0.0616. The molecule has 0 unspecified atom stereocenters. The van der Waals surface area contributed by atoms with Crippen molar-refractivity contribution in [2.45, 2.75) is 6.92 Å². The molecular formula is C12H10ClNO2S. The number of amides is 1. The number of halogens is 1. The topological polar surface area (TPSA) is 49.3 Å². The fraction of sp³-hybridized carbons (Fsp3) is 0.0833. The Balaban J connectivity index is 2.22. The molecule has 2 N–H and O–H groups in total. The molecular weight excluding hydrogens is 258 g/mol. The minimum atomic E-state index is -0.237. The number of hydrogen-bond donors (Lipinski definition) is 2. The Bertz CT molecular complexity index is 565. The van der Waals surface area contributed by atoms with Gasteiger partial charge >= 0.3 is 0 Å². The molecule has 0 saturated heterocycles. The first-order valence-electron chi connectivity index (χ1n) is 4.92. The molecule has 0 atom stereocenters. The Kier molecular flexibility index (Phi) is 3.36. The number of carbonyl (C=O) groups excluding carboxylic acids is 1. The van der Waals surface area contributed by atoms with Gasteiger partial charge in [-0.3, -0.25) is 4.79 Å². The molecule has 0 aliphatic carbocycles. The smallest absolute Gasteiger partial charge is 0.267 e. The number of aryl methyl sites for hydroxylation is 1. The van der Waals surface area contributed by atoms with Gasteiger partial charge in [0.15, 0.2) is 0 Å². The summed E-state index contributed by atoms with van der Waals surface area (Å²) in [5.41, 5.74) is 1.46. The summed E-state index contributed by atoms with van der Waals surface area (Å²) >= 11 is 7.17. The minimum Gasteiger partial charge on any atom is -0.508 e. The Labute approximate surface area is 108 Å². The van der Waals surface area contributed by atoms with Crippen LogP contribution in [0.1, 0.15) is 15.2 Å². The highest BCUT2D eigenvalue weighted by atomic mass is 35.5. The van der Waals surface area contributed by atoms with Gasteiger partial charge in [-0.05, 0) is 42.1 Å². The van der Waals surface area contributed by atoms with E-state index in [-0.39, 0.29) is 11.7 Å². The quantitative estimate of drug-likeness (QED) is 0.816. The Hall–Kier alpha value is -1.52. The summed E-state index contributed by atoms with van der Waals surface area (Å²) in [5, 5.41) is 14.2. The largest absolute Gasteiger partial charge is 0.508 e. The van der Waals surface area contributed by atoms with Crippen LogP contribution in [0.15, 0.2) is 29.6 Å². The zero-order valence-corrected chi connectivity index (χ0v) is 10.6. The van der Waals surface area contributed by atoms with Crippen LogP contribution in [0.2, 0.25) is 5.02 Å². The maximum atomic E-state index is 11.9. The number of benzene rings is 1. The number of phenols is 1. The van der Waals surface area contributed by atoms with Gasteiger partial charge in [0.1, 0.15) is 10.6 Å². The molecule has 0 radical (unpaired) electrons. The van der Waals surface area contributed by atoms with E-state index in [0.717, 1.165) is 5.56 Å². The molecule has 3 nitrogen and oxygen atoms in total. The normalized spacial score (nSPS) is 10.2. The van der Waals surface area contributed by atoms with E-state index in [0.29, 0.717) is 15.6 Å². The summed E-state index contributed by atoms with van der Waals surface area (Å²) in [4.78, 5) is 12.4. The van der Waals surface area contributed by atoms with Gasteiger partial charge in [-0.25, -0.2) is 0 Å².